The molecule has 1 aliphatic rings. The van der Waals surface area contributed by atoms with Crippen LogP contribution < -0.4 is 4.74 Å². The predicted molar refractivity (Wildman–Crippen MR) is 114 cm³/mol. The second-order valence-corrected chi connectivity index (χ2v) is 9.45. The van der Waals surface area contributed by atoms with Crippen LogP contribution in [-0.4, -0.2) is 56.8 Å². The van der Waals surface area contributed by atoms with E-state index in [1.54, 1.807) is 36.3 Å². The first-order valence-electron chi connectivity index (χ1n) is 9.43. The zero-order chi connectivity index (χ0) is 21.5. The molecule has 0 N–H and O–H groups in total. The summed E-state index contributed by atoms with van der Waals surface area (Å²) in [5.41, 5.74) is 1.35. The van der Waals surface area contributed by atoms with Gasteiger partial charge in [0.1, 0.15) is 11.3 Å². The average Bonchev–Trinajstić information content (AvgIpc) is 3.09. The third-order valence-corrected chi connectivity index (χ3v) is 7.43. The van der Waals surface area contributed by atoms with Gasteiger partial charge in [-0.15, -0.1) is 0 Å². The number of ether oxygens (including phenoxy) is 1. The summed E-state index contributed by atoms with van der Waals surface area (Å²) < 4.78 is 38.1. The highest BCUT2D eigenvalue weighted by molar-refractivity contribution is 7.89. The van der Waals surface area contributed by atoms with E-state index in [0.717, 1.165) is 10.9 Å². The number of nitrogens with zero attached hydrogens (tertiary/aromatic N) is 2. The summed E-state index contributed by atoms with van der Waals surface area (Å²) >= 11 is 5.94. The number of aryl methyl sites for hydroxylation is 1. The van der Waals surface area contributed by atoms with E-state index in [1.807, 2.05) is 13.0 Å². The Morgan fingerprint density at radius 2 is 1.83 bits per heavy atom. The maximum Gasteiger partial charge on any atom is 0.289 e. The van der Waals surface area contributed by atoms with Gasteiger partial charge in [-0.25, -0.2) is 8.42 Å². The molecule has 0 atom stereocenters. The van der Waals surface area contributed by atoms with Crippen molar-refractivity contribution in [2.75, 3.05) is 33.3 Å². The van der Waals surface area contributed by atoms with Crippen molar-refractivity contribution < 1.29 is 22.4 Å². The summed E-state index contributed by atoms with van der Waals surface area (Å²) in [6, 6.07) is 11.6. The third-order valence-electron chi connectivity index (χ3n) is 5.30. The number of carbonyl (C=O) groups excluding carboxylic acids is 1. The van der Waals surface area contributed by atoms with Gasteiger partial charge >= 0.3 is 0 Å². The lowest BCUT2D eigenvalue weighted by Gasteiger charge is -2.33. The van der Waals surface area contributed by atoms with Gasteiger partial charge < -0.3 is 14.1 Å². The zero-order valence-corrected chi connectivity index (χ0v) is 18.2. The lowest BCUT2D eigenvalue weighted by atomic mass is 10.1. The van der Waals surface area contributed by atoms with Crippen LogP contribution in [0.4, 0.5) is 0 Å². The van der Waals surface area contributed by atoms with Crippen LogP contribution in [0.2, 0.25) is 5.02 Å². The molecule has 1 aliphatic heterocycles. The van der Waals surface area contributed by atoms with Gasteiger partial charge in [-0.3, -0.25) is 4.79 Å². The Kier molecular flexibility index (Phi) is 5.48. The minimum atomic E-state index is -3.66. The molecule has 2 aromatic carbocycles. The lowest BCUT2D eigenvalue weighted by molar-refractivity contribution is 0.0667. The molecule has 0 spiro atoms. The molecule has 1 saturated heterocycles. The van der Waals surface area contributed by atoms with Crippen molar-refractivity contribution in [3.63, 3.8) is 0 Å². The van der Waals surface area contributed by atoms with Gasteiger partial charge in [0.2, 0.25) is 10.0 Å². The van der Waals surface area contributed by atoms with Gasteiger partial charge in [-0.1, -0.05) is 17.7 Å². The SMILES string of the molecule is COc1ccc2oc(C(=O)N3CCN(S(=O)(=O)c4cccc(Cl)c4)CC3)c(C)c2c1. The molecular weight excluding hydrogens is 428 g/mol. The van der Waals surface area contributed by atoms with E-state index in [9.17, 15) is 13.2 Å². The van der Waals surface area contributed by atoms with Crippen molar-refractivity contribution in [3.05, 3.63) is 58.8 Å². The number of methoxy groups -OCH3 is 1. The first-order chi connectivity index (χ1) is 14.3. The van der Waals surface area contributed by atoms with Crippen LogP contribution >= 0.6 is 11.6 Å². The first kappa shape index (κ1) is 20.7. The van der Waals surface area contributed by atoms with Gasteiger partial charge in [0.15, 0.2) is 5.76 Å². The third kappa shape index (κ3) is 3.66. The van der Waals surface area contributed by atoms with E-state index in [0.29, 0.717) is 16.4 Å². The largest absolute Gasteiger partial charge is 0.497 e. The number of fused-ring (bicyclic) bond motifs is 1. The number of amides is 1. The monoisotopic (exact) mass is 448 g/mol. The quantitative estimate of drug-likeness (QED) is 0.609. The fourth-order valence-electron chi connectivity index (χ4n) is 3.58. The summed E-state index contributed by atoms with van der Waals surface area (Å²) in [7, 11) is -2.08. The fourth-order valence-corrected chi connectivity index (χ4v) is 5.31. The van der Waals surface area contributed by atoms with Crippen molar-refractivity contribution in [2.24, 2.45) is 0 Å². The zero-order valence-electron chi connectivity index (χ0n) is 16.6. The molecule has 4 rings (SSSR count). The number of benzene rings is 2. The molecule has 0 bridgehead atoms. The first-order valence-corrected chi connectivity index (χ1v) is 11.2. The molecule has 1 aromatic heterocycles. The van der Waals surface area contributed by atoms with Crippen LogP contribution in [0.25, 0.3) is 11.0 Å². The maximum atomic E-state index is 13.0. The number of rotatable bonds is 4. The highest BCUT2D eigenvalue weighted by atomic mass is 35.5. The summed E-state index contributed by atoms with van der Waals surface area (Å²) in [6.07, 6.45) is 0. The molecule has 1 amide bonds. The number of halogens is 1. The molecule has 0 saturated carbocycles. The molecule has 0 aliphatic carbocycles. The Labute approximate surface area is 179 Å². The second kappa shape index (κ2) is 7.94. The van der Waals surface area contributed by atoms with Crippen LogP contribution in [0.15, 0.2) is 51.8 Å². The van der Waals surface area contributed by atoms with E-state index in [2.05, 4.69) is 0 Å². The van der Waals surface area contributed by atoms with Crippen molar-refractivity contribution in [3.8, 4) is 5.75 Å². The van der Waals surface area contributed by atoms with Crippen LogP contribution in [-0.2, 0) is 10.0 Å². The number of carbonyl (C=O) groups is 1. The van der Waals surface area contributed by atoms with Crippen LogP contribution in [0.1, 0.15) is 16.1 Å². The Bertz CT molecular complexity index is 1210. The van der Waals surface area contributed by atoms with Gasteiger partial charge in [0.05, 0.1) is 12.0 Å². The Morgan fingerprint density at radius 3 is 2.50 bits per heavy atom. The van der Waals surface area contributed by atoms with E-state index in [4.69, 9.17) is 20.8 Å². The summed E-state index contributed by atoms with van der Waals surface area (Å²) in [6.45, 7) is 2.79. The minimum absolute atomic E-state index is 0.150. The topological polar surface area (TPSA) is 80.1 Å². The molecule has 158 valence electrons. The summed E-state index contributed by atoms with van der Waals surface area (Å²) in [5, 5.41) is 1.18. The minimum Gasteiger partial charge on any atom is -0.497 e. The molecule has 30 heavy (non-hydrogen) atoms. The van der Waals surface area contributed by atoms with Gasteiger partial charge in [0.25, 0.3) is 5.91 Å². The number of sulfonamides is 1. The second-order valence-electron chi connectivity index (χ2n) is 7.07. The standard InChI is InChI=1S/C21H21ClN2O5S/c1-14-18-13-16(28-2)6-7-19(18)29-20(14)21(25)23-8-10-24(11-9-23)30(26,27)17-5-3-4-15(22)12-17/h3-7,12-13H,8-11H2,1-2H3. The number of furan rings is 1. The van der Waals surface area contributed by atoms with Crippen molar-refractivity contribution in [2.45, 2.75) is 11.8 Å². The normalized spacial score (nSPS) is 15.5. The summed E-state index contributed by atoms with van der Waals surface area (Å²) in [4.78, 5) is 14.8. The van der Waals surface area contributed by atoms with E-state index >= 15 is 0 Å². The molecule has 2 heterocycles. The Hall–Kier alpha value is -2.55. The maximum absolute atomic E-state index is 13.0. The Morgan fingerprint density at radius 1 is 1.10 bits per heavy atom. The smallest absolute Gasteiger partial charge is 0.289 e. The van der Waals surface area contributed by atoms with Crippen LogP contribution in [0, 0.1) is 6.92 Å². The number of hydrogen-bond donors (Lipinski definition) is 0. The lowest BCUT2D eigenvalue weighted by Crippen LogP contribution is -2.50. The van der Waals surface area contributed by atoms with E-state index < -0.39 is 10.0 Å². The number of hydrogen-bond acceptors (Lipinski definition) is 5. The van der Waals surface area contributed by atoms with Crippen molar-refractivity contribution in [1.82, 2.24) is 9.21 Å². The summed E-state index contributed by atoms with van der Waals surface area (Å²) in [5.74, 6) is 0.706. The highest BCUT2D eigenvalue weighted by Gasteiger charge is 2.32. The van der Waals surface area contributed by atoms with Crippen LogP contribution in [0.5, 0.6) is 5.75 Å². The van der Waals surface area contributed by atoms with Gasteiger partial charge in [-0.05, 0) is 43.3 Å². The molecule has 1 fully saturated rings. The number of piperazine rings is 1. The molecular formula is C21H21ClN2O5S. The van der Waals surface area contributed by atoms with Gasteiger partial charge in [-0.2, -0.15) is 4.31 Å². The fraction of sp³-hybridized carbons (Fsp3) is 0.286. The predicted octanol–water partition coefficient (Wildman–Crippen LogP) is 3.55. The Balaban J connectivity index is 1.51. The molecule has 3 aromatic rings. The molecule has 0 radical (unpaired) electrons. The molecule has 9 heteroatoms. The van der Waals surface area contributed by atoms with Crippen molar-refractivity contribution >= 4 is 38.5 Å². The molecule has 7 nitrogen and oxygen atoms in total. The molecule has 0 unspecified atom stereocenters. The van der Waals surface area contributed by atoms with Gasteiger partial charge in [0, 0.05) is 42.2 Å². The highest BCUT2D eigenvalue weighted by Crippen LogP contribution is 2.30. The average molecular weight is 449 g/mol. The van der Waals surface area contributed by atoms with Crippen LogP contribution in [0.3, 0.4) is 0 Å². The van der Waals surface area contributed by atoms with Crippen molar-refractivity contribution in [1.29, 1.82) is 0 Å². The van der Waals surface area contributed by atoms with E-state index in [-0.39, 0.29) is 42.7 Å². The van der Waals surface area contributed by atoms with E-state index in [1.165, 1.54) is 16.4 Å².